The second-order valence-corrected chi connectivity index (χ2v) is 6.08. The van der Waals surface area contributed by atoms with Crippen molar-refractivity contribution in [2.45, 2.75) is 13.0 Å². The summed E-state index contributed by atoms with van der Waals surface area (Å²) < 4.78 is 98.5. The molecule has 0 saturated carbocycles. The molecule has 1 saturated heterocycles. The highest BCUT2D eigenvalue weighted by Gasteiger charge is 2.19. The summed E-state index contributed by atoms with van der Waals surface area (Å²) in [6, 6.07) is -0.376. The molecule has 0 spiro atoms. The number of rotatable bonds is 6. The molecule has 12 heteroatoms. The van der Waals surface area contributed by atoms with Crippen LogP contribution in [0.1, 0.15) is 29.6 Å². The highest BCUT2D eigenvalue weighted by molar-refractivity contribution is 5.52. The molecule has 1 unspecified atom stereocenters. The third-order valence-electron chi connectivity index (χ3n) is 3.78. The molecule has 0 amide bonds. The number of ether oxygens (including phenoxy) is 1. The molecule has 4 heterocycles. The molecule has 3 aromatic rings. The van der Waals surface area contributed by atoms with Gasteiger partial charge in [-0.25, -0.2) is 13.8 Å². The van der Waals surface area contributed by atoms with Crippen LogP contribution >= 0.6 is 0 Å². The Morgan fingerprint density at radius 2 is 1.93 bits per heavy atom. The Hall–Kier alpha value is -3.41. The van der Waals surface area contributed by atoms with Gasteiger partial charge in [0.25, 0.3) is 0 Å². The average Bonchev–Trinajstić information content (AvgIpc) is 3.15. The monoisotopic (exact) mass is 425 g/mol. The first-order chi connectivity index (χ1) is 17.4. The fourth-order valence-electron chi connectivity index (χ4n) is 2.47. The standard InChI is InChI=1S/C18H21F2N9O/c1-11(15-13(20)7-12(19)8-21-15)23-16-25-17(24-14-9-28(2)10-22-14)27-18(26-16)29-3-5-30-6-4-29/h7-11H,3-6H2,1-2H3,(H2,23,24,25,26,27)/i3D2,4D2,5D2,6D2. The summed E-state index contributed by atoms with van der Waals surface area (Å²) >= 11 is 0. The summed E-state index contributed by atoms with van der Waals surface area (Å²) in [5.41, 5.74) is -0.225. The summed E-state index contributed by atoms with van der Waals surface area (Å²) in [5.74, 6) is -3.20. The van der Waals surface area contributed by atoms with Gasteiger partial charge in [0.1, 0.15) is 11.6 Å². The van der Waals surface area contributed by atoms with Gasteiger partial charge in [-0.05, 0) is 6.92 Å². The fourth-order valence-corrected chi connectivity index (χ4v) is 2.47. The van der Waals surface area contributed by atoms with E-state index in [1.165, 1.54) is 19.4 Å². The van der Waals surface area contributed by atoms with Crippen molar-refractivity contribution in [2.24, 2.45) is 7.05 Å². The Morgan fingerprint density at radius 1 is 1.17 bits per heavy atom. The van der Waals surface area contributed by atoms with Crippen LogP contribution in [0.15, 0.2) is 24.8 Å². The number of nitrogens with one attached hydrogen (secondary N) is 2. The van der Waals surface area contributed by atoms with Crippen molar-refractivity contribution in [3.05, 3.63) is 42.1 Å². The number of aromatic nitrogens is 6. The number of imidazole rings is 1. The molecule has 1 aliphatic rings. The first-order valence-corrected chi connectivity index (χ1v) is 8.54. The largest absolute Gasteiger partial charge is 0.378 e. The van der Waals surface area contributed by atoms with Gasteiger partial charge in [-0.1, -0.05) is 0 Å². The van der Waals surface area contributed by atoms with E-state index in [1.807, 2.05) is 0 Å². The minimum atomic E-state index is -3.36. The number of pyridine rings is 1. The van der Waals surface area contributed by atoms with Crippen molar-refractivity contribution in [3.8, 4) is 0 Å². The summed E-state index contributed by atoms with van der Waals surface area (Å²) in [5, 5.41) is 5.39. The molecule has 0 radical (unpaired) electrons. The lowest BCUT2D eigenvalue weighted by molar-refractivity contribution is 0.122. The molecular formula is C18H21F2N9O. The third kappa shape index (κ3) is 4.59. The van der Waals surface area contributed by atoms with E-state index in [-0.39, 0.29) is 28.3 Å². The zero-order chi connectivity index (χ0) is 28.3. The van der Waals surface area contributed by atoms with Crippen LogP contribution in [-0.2, 0) is 11.8 Å². The van der Waals surface area contributed by atoms with Gasteiger partial charge in [0, 0.05) is 32.3 Å². The Bertz CT molecular complexity index is 1330. The number of morpholine rings is 1. The van der Waals surface area contributed by atoms with E-state index in [4.69, 9.17) is 11.0 Å². The van der Waals surface area contributed by atoms with Crippen molar-refractivity contribution in [1.29, 1.82) is 0 Å². The van der Waals surface area contributed by atoms with E-state index in [9.17, 15) is 8.78 Å². The van der Waals surface area contributed by atoms with Gasteiger partial charge in [0.15, 0.2) is 5.82 Å². The van der Waals surface area contributed by atoms with Crippen LogP contribution in [0.3, 0.4) is 0 Å². The van der Waals surface area contributed by atoms with Crippen molar-refractivity contribution >= 4 is 23.7 Å². The second-order valence-electron chi connectivity index (χ2n) is 6.08. The summed E-state index contributed by atoms with van der Waals surface area (Å²) in [7, 11) is 1.68. The van der Waals surface area contributed by atoms with Gasteiger partial charge < -0.3 is 24.8 Å². The number of hydrogen-bond donors (Lipinski definition) is 2. The van der Waals surface area contributed by atoms with Crippen molar-refractivity contribution < 1.29 is 24.5 Å². The van der Waals surface area contributed by atoms with E-state index in [2.05, 4.69) is 40.3 Å². The Kier molecular flexibility index (Phi) is 3.50. The number of anilines is 4. The van der Waals surface area contributed by atoms with Gasteiger partial charge in [-0.15, -0.1) is 0 Å². The molecule has 158 valence electrons. The van der Waals surface area contributed by atoms with Crippen LogP contribution in [0.5, 0.6) is 0 Å². The molecule has 1 atom stereocenters. The molecular weight excluding hydrogens is 396 g/mol. The lowest BCUT2D eigenvalue weighted by Gasteiger charge is -2.27. The zero-order valence-electron chi connectivity index (χ0n) is 23.7. The predicted octanol–water partition coefficient (Wildman–Crippen LogP) is 2.03. The topological polar surface area (TPSA) is 106 Å². The summed E-state index contributed by atoms with van der Waals surface area (Å²) in [4.78, 5) is 19.9. The van der Waals surface area contributed by atoms with Gasteiger partial charge in [-0.2, -0.15) is 15.0 Å². The molecule has 10 nitrogen and oxygen atoms in total. The normalized spacial score (nSPS) is 25.8. The number of nitrogens with zero attached hydrogens (tertiary/aromatic N) is 7. The van der Waals surface area contributed by atoms with E-state index >= 15 is 0 Å². The molecule has 1 aliphatic heterocycles. The van der Waals surface area contributed by atoms with Crippen LogP contribution in [0, 0.1) is 11.6 Å². The predicted molar refractivity (Wildman–Crippen MR) is 106 cm³/mol. The zero-order valence-corrected chi connectivity index (χ0v) is 15.7. The van der Waals surface area contributed by atoms with Crippen LogP contribution in [-0.4, -0.2) is 55.6 Å². The van der Waals surface area contributed by atoms with Crippen molar-refractivity contribution in [2.75, 3.05) is 41.6 Å². The van der Waals surface area contributed by atoms with Gasteiger partial charge >= 0.3 is 0 Å². The molecule has 2 N–H and O–H groups in total. The number of halogens is 2. The maximum atomic E-state index is 14.3. The fraction of sp³-hybridized carbons (Fsp3) is 0.389. The van der Waals surface area contributed by atoms with E-state index < -0.39 is 49.7 Å². The molecule has 4 rings (SSSR count). The lowest BCUT2D eigenvalue weighted by Crippen LogP contribution is -2.37. The molecule has 0 aliphatic carbocycles. The van der Waals surface area contributed by atoms with E-state index in [0.717, 1.165) is 6.20 Å². The van der Waals surface area contributed by atoms with Gasteiger partial charge in [0.05, 0.1) is 48.3 Å². The highest BCUT2D eigenvalue weighted by atomic mass is 19.1. The van der Waals surface area contributed by atoms with Crippen LogP contribution in [0.2, 0.25) is 0 Å². The Morgan fingerprint density at radius 3 is 2.63 bits per heavy atom. The minimum Gasteiger partial charge on any atom is -0.378 e. The van der Waals surface area contributed by atoms with Gasteiger partial charge in [-0.3, -0.25) is 4.98 Å². The first-order valence-electron chi connectivity index (χ1n) is 12.5. The number of aryl methyl sites for hydroxylation is 1. The molecule has 0 bridgehead atoms. The molecule has 30 heavy (non-hydrogen) atoms. The smallest absolute Gasteiger partial charge is 0.235 e. The van der Waals surface area contributed by atoms with Crippen molar-refractivity contribution in [3.63, 3.8) is 0 Å². The Balaban J connectivity index is 1.83. The summed E-state index contributed by atoms with van der Waals surface area (Å²) in [6.07, 6.45) is 3.77. The number of hydrogen-bond acceptors (Lipinski definition) is 9. The molecule has 1 fully saturated rings. The van der Waals surface area contributed by atoms with Gasteiger partial charge in [0.2, 0.25) is 17.8 Å². The minimum absolute atomic E-state index is 0.0708. The average molecular weight is 425 g/mol. The second kappa shape index (κ2) is 8.53. The van der Waals surface area contributed by atoms with E-state index in [1.54, 1.807) is 11.6 Å². The maximum Gasteiger partial charge on any atom is 0.235 e. The van der Waals surface area contributed by atoms with E-state index in [0.29, 0.717) is 6.07 Å². The highest BCUT2D eigenvalue weighted by Crippen LogP contribution is 2.22. The SMILES string of the molecule is [2H]C1([2H])OC([2H])([2H])C([2H])([2H])N(c2nc(Nc3cn(C)cn3)nc(NC(C)c3ncc(F)cc3F)n2)C1([2H])[2H]. The van der Waals surface area contributed by atoms with Crippen LogP contribution in [0.25, 0.3) is 0 Å². The first kappa shape index (κ1) is 12.3. The molecule has 3 aromatic heterocycles. The van der Waals surface area contributed by atoms with Crippen LogP contribution in [0.4, 0.5) is 32.4 Å². The van der Waals surface area contributed by atoms with Crippen molar-refractivity contribution in [1.82, 2.24) is 29.5 Å². The Labute approximate surface area is 182 Å². The quantitative estimate of drug-likeness (QED) is 0.613. The van der Waals surface area contributed by atoms with Crippen LogP contribution < -0.4 is 15.5 Å². The maximum absolute atomic E-state index is 14.3. The lowest BCUT2D eigenvalue weighted by atomic mass is 10.2. The summed E-state index contributed by atoms with van der Waals surface area (Å²) in [6.45, 7) is -11.9. The third-order valence-corrected chi connectivity index (χ3v) is 3.78. The molecule has 0 aromatic carbocycles.